The Bertz CT molecular complexity index is 1230. The summed E-state index contributed by atoms with van der Waals surface area (Å²) in [5, 5.41) is 26.9. The number of nitrogens with zero attached hydrogens (tertiary/aromatic N) is 2. The average Bonchev–Trinajstić information content (AvgIpc) is 3.49. The molecule has 0 radical (unpaired) electrons. The number of nitrogen functional groups attached to an aromatic ring is 1. The zero-order chi connectivity index (χ0) is 26.5. The molecule has 11 heteroatoms. The highest BCUT2D eigenvalue weighted by atomic mass is 19.1. The Kier molecular flexibility index (Phi) is 5.22. The fourth-order valence-electron chi connectivity index (χ4n) is 8.62. The van der Waals surface area contributed by atoms with E-state index in [1.54, 1.807) is 25.0 Å². The summed E-state index contributed by atoms with van der Waals surface area (Å²) in [4.78, 5) is 31.8. The summed E-state index contributed by atoms with van der Waals surface area (Å²) >= 11 is 0. The lowest BCUT2D eigenvalue weighted by Crippen LogP contribution is -2.70. The van der Waals surface area contributed by atoms with E-state index >= 15 is 8.78 Å². The monoisotopic (exact) mass is 519 g/mol. The number of ketones is 2. The van der Waals surface area contributed by atoms with Crippen LogP contribution in [0.25, 0.3) is 0 Å². The Morgan fingerprint density at radius 2 is 2.08 bits per heavy atom. The van der Waals surface area contributed by atoms with E-state index in [9.17, 15) is 19.8 Å². The average molecular weight is 520 g/mol. The van der Waals surface area contributed by atoms with Crippen LogP contribution in [-0.4, -0.2) is 68.7 Å². The number of carbonyl (C=O) groups is 2. The Hall–Kier alpha value is -2.47. The Labute approximate surface area is 212 Å². The van der Waals surface area contributed by atoms with Crippen molar-refractivity contribution < 1.29 is 37.9 Å². The number of hydroxylamine groups is 2. The molecule has 4 fully saturated rings. The molecule has 4 N–H and O–H groups in total. The molecule has 1 aromatic heterocycles. The molecule has 37 heavy (non-hydrogen) atoms. The van der Waals surface area contributed by atoms with E-state index < -0.39 is 70.3 Å². The number of hydrogen-bond donors (Lipinski definition) is 3. The number of rotatable bonds is 4. The molecule has 1 aliphatic heterocycles. The molecule has 1 saturated heterocycles. The van der Waals surface area contributed by atoms with Crippen molar-refractivity contribution in [3.63, 3.8) is 0 Å². The number of Topliss-reactive ketones (excluding diaryl/α,β-unsaturated/α-hetero) is 1. The number of fused-ring (bicyclic) bond motifs is 7. The van der Waals surface area contributed by atoms with Crippen LogP contribution in [0.15, 0.2) is 34.4 Å². The van der Waals surface area contributed by atoms with Crippen LogP contribution < -0.4 is 5.73 Å². The van der Waals surface area contributed by atoms with Crippen molar-refractivity contribution in [1.82, 2.24) is 10.2 Å². The summed E-state index contributed by atoms with van der Waals surface area (Å²) < 4.78 is 37.9. The molecule has 0 aromatic carbocycles. The van der Waals surface area contributed by atoms with Crippen LogP contribution >= 0.6 is 0 Å². The molecular formula is C26H31F2N3O6. The summed E-state index contributed by atoms with van der Waals surface area (Å²) in [7, 11) is 0. The van der Waals surface area contributed by atoms with Gasteiger partial charge in [-0.2, -0.15) is 5.06 Å². The first-order valence-electron chi connectivity index (χ1n) is 12.7. The quantitative estimate of drug-likeness (QED) is 0.544. The van der Waals surface area contributed by atoms with Crippen LogP contribution in [0.1, 0.15) is 38.8 Å². The molecule has 0 unspecified atom stereocenters. The third kappa shape index (κ3) is 2.94. The van der Waals surface area contributed by atoms with Gasteiger partial charge in [-0.3, -0.25) is 14.4 Å². The maximum atomic E-state index is 17.4. The van der Waals surface area contributed by atoms with E-state index in [-0.39, 0.29) is 30.8 Å². The van der Waals surface area contributed by atoms with Crippen LogP contribution in [0.2, 0.25) is 0 Å². The largest absolute Gasteiger partial charge is 0.390 e. The van der Waals surface area contributed by atoms with Gasteiger partial charge in [0.25, 0.3) is 0 Å². The number of aliphatic hydroxyl groups excluding tert-OH is 2. The lowest BCUT2D eigenvalue weighted by atomic mass is 9.44. The Morgan fingerprint density at radius 3 is 2.76 bits per heavy atom. The highest BCUT2D eigenvalue weighted by Gasteiger charge is 2.79. The second-order valence-electron chi connectivity index (χ2n) is 11.7. The van der Waals surface area contributed by atoms with Crippen molar-refractivity contribution in [1.29, 1.82) is 0 Å². The minimum atomic E-state index is -2.25. The second-order valence-corrected chi connectivity index (χ2v) is 11.7. The summed E-state index contributed by atoms with van der Waals surface area (Å²) in [6.45, 7) is 3.01. The first kappa shape index (κ1) is 24.8. The third-order valence-corrected chi connectivity index (χ3v) is 10.2. The third-order valence-electron chi connectivity index (χ3n) is 10.2. The van der Waals surface area contributed by atoms with Crippen LogP contribution in [0.3, 0.4) is 0 Å². The maximum absolute atomic E-state index is 17.4. The maximum Gasteiger partial charge on any atom is 0.222 e. The molecule has 5 aliphatic rings. The number of hydrogen-bond acceptors (Lipinski definition) is 9. The first-order chi connectivity index (χ1) is 17.4. The van der Waals surface area contributed by atoms with Gasteiger partial charge in [-0.15, -0.1) is 0 Å². The van der Waals surface area contributed by atoms with Crippen molar-refractivity contribution in [3.05, 3.63) is 35.6 Å². The number of carbonyl (C=O) groups excluding carboxylic acids is 2. The molecule has 9 nitrogen and oxygen atoms in total. The predicted octanol–water partition coefficient (Wildman–Crippen LogP) is 1.85. The van der Waals surface area contributed by atoms with E-state index in [2.05, 4.69) is 5.16 Å². The Morgan fingerprint density at radius 1 is 1.32 bits per heavy atom. The van der Waals surface area contributed by atoms with Gasteiger partial charge in [-0.1, -0.05) is 18.2 Å². The molecule has 0 amide bonds. The highest BCUT2D eigenvalue weighted by Crippen LogP contribution is 2.72. The molecule has 1 aromatic rings. The molecule has 4 aliphatic carbocycles. The fraction of sp³-hybridized carbons (Fsp3) is 0.654. The lowest BCUT2D eigenvalue weighted by Gasteiger charge is -2.63. The van der Waals surface area contributed by atoms with E-state index in [0.717, 1.165) is 6.08 Å². The fourth-order valence-corrected chi connectivity index (χ4v) is 8.62. The molecule has 0 bridgehead atoms. The molecule has 3 saturated carbocycles. The van der Waals surface area contributed by atoms with Crippen molar-refractivity contribution in [3.8, 4) is 0 Å². The van der Waals surface area contributed by atoms with Crippen LogP contribution in [0.4, 0.5) is 14.7 Å². The number of nitrogens with two attached hydrogens (primary N) is 1. The van der Waals surface area contributed by atoms with Crippen molar-refractivity contribution in [2.24, 2.45) is 28.6 Å². The number of aromatic nitrogens is 1. The van der Waals surface area contributed by atoms with Gasteiger partial charge in [-0.05, 0) is 49.8 Å². The van der Waals surface area contributed by atoms with Gasteiger partial charge in [0.05, 0.1) is 12.6 Å². The molecule has 6 rings (SSSR count). The minimum Gasteiger partial charge on any atom is -0.390 e. The molecule has 9 atom stereocenters. The smallest absolute Gasteiger partial charge is 0.222 e. The van der Waals surface area contributed by atoms with Gasteiger partial charge in [-0.25, -0.2) is 8.78 Å². The van der Waals surface area contributed by atoms with Gasteiger partial charge in [0.2, 0.25) is 5.88 Å². The summed E-state index contributed by atoms with van der Waals surface area (Å²) in [5.74, 6) is -2.68. The highest BCUT2D eigenvalue weighted by molar-refractivity contribution is 6.01. The number of anilines is 1. The first-order valence-corrected chi connectivity index (χ1v) is 12.7. The molecule has 2 heterocycles. The standard InChI is InChI=1S/C26H31F2N3O6/c1-23-4-3-15(33)7-18(23)19(27)8-17-16-5-13-10-31(11-14-6-22(29)36-30-14)37-26(13,21(35)12-32)24(16,2)9-20(34)25(17,23)28/h3-4,6-7,13,16-17,19-20,32,34H,5,8-12,29H2,1-2H3/t13-,16-,17-,19-,20-,23-,24-,25-,26-/m0/s1. The summed E-state index contributed by atoms with van der Waals surface area (Å²) in [6, 6.07) is 1.54. The van der Waals surface area contributed by atoms with Gasteiger partial charge in [0.15, 0.2) is 22.8 Å². The van der Waals surface area contributed by atoms with E-state index in [1.807, 2.05) is 0 Å². The zero-order valence-corrected chi connectivity index (χ0v) is 20.7. The van der Waals surface area contributed by atoms with Crippen molar-refractivity contribution in [2.45, 2.75) is 63.2 Å². The summed E-state index contributed by atoms with van der Waals surface area (Å²) in [5.41, 5.74) is -0.192. The number of aliphatic hydroxyl groups is 2. The van der Waals surface area contributed by atoms with Gasteiger partial charge >= 0.3 is 0 Å². The zero-order valence-electron chi connectivity index (χ0n) is 20.7. The molecule has 200 valence electrons. The van der Waals surface area contributed by atoms with E-state index in [0.29, 0.717) is 18.7 Å². The molecule has 0 spiro atoms. The van der Waals surface area contributed by atoms with Gasteiger partial charge < -0.3 is 20.5 Å². The predicted molar refractivity (Wildman–Crippen MR) is 125 cm³/mol. The Balaban J connectivity index is 1.41. The molecular weight excluding hydrogens is 488 g/mol. The normalized spacial score (nSPS) is 46.7. The minimum absolute atomic E-state index is 0.0510. The van der Waals surface area contributed by atoms with Crippen molar-refractivity contribution in [2.75, 3.05) is 18.9 Å². The van der Waals surface area contributed by atoms with Crippen molar-refractivity contribution >= 4 is 17.5 Å². The van der Waals surface area contributed by atoms with Gasteiger partial charge in [0, 0.05) is 35.3 Å². The van der Waals surface area contributed by atoms with Crippen LogP contribution in [0.5, 0.6) is 0 Å². The number of halogens is 2. The topological polar surface area (TPSA) is 139 Å². The SMILES string of the molecule is C[C@]12C=CC(=O)C=C1[C@@H](F)C[C@H]1[C@@H]3C[C@H]4CN(Cc5cc(N)on5)O[C@@]4(C(=O)CO)[C@@]3(C)C[C@H](O)[C@@]12F. The van der Waals surface area contributed by atoms with Gasteiger partial charge in [0.1, 0.15) is 18.5 Å². The van der Waals surface area contributed by atoms with E-state index in [1.165, 1.54) is 12.2 Å². The van der Waals surface area contributed by atoms with Crippen LogP contribution in [0, 0.1) is 28.6 Å². The second kappa shape index (κ2) is 7.78. The lowest BCUT2D eigenvalue weighted by molar-refractivity contribution is -0.269. The number of allylic oxidation sites excluding steroid dienone is 4. The van der Waals surface area contributed by atoms with Crippen LogP contribution in [-0.2, 0) is 21.0 Å². The van der Waals surface area contributed by atoms with E-state index in [4.69, 9.17) is 15.1 Å². The number of alkyl halides is 2. The summed E-state index contributed by atoms with van der Waals surface area (Å²) in [6.07, 6.45) is 0.663.